The average molecular weight is 271 g/mol. The Hall–Kier alpha value is -1.00. The van der Waals surface area contributed by atoms with Crippen molar-refractivity contribution in [2.24, 2.45) is 0 Å². The Labute approximate surface area is 114 Å². The lowest BCUT2D eigenvalue weighted by Gasteiger charge is -2.27. The van der Waals surface area contributed by atoms with E-state index in [1.165, 1.54) is 12.1 Å². The highest BCUT2D eigenvalue weighted by Crippen LogP contribution is 2.20. The molecular weight excluding hydrogens is 248 g/mol. The fourth-order valence-electron chi connectivity index (χ4n) is 2.17. The number of aliphatic hydroxyl groups is 1. The number of benzene rings is 1. The van der Waals surface area contributed by atoms with Gasteiger partial charge in [0.2, 0.25) is 0 Å². The van der Waals surface area contributed by atoms with Crippen LogP contribution in [0, 0.1) is 11.6 Å². The van der Waals surface area contributed by atoms with Crippen molar-refractivity contribution in [3.05, 3.63) is 35.4 Å². The van der Waals surface area contributed by atoms with Crippen LogP contribution in [-0.2, 0) is 0 Å². The van der Waals surface area contributed by atoms with Crippen molar-refractivity contribution in [2.75, 3.05) is 13.1 Å². The van der Waals surface area contributed by atoms with E-state index in [1.54, 1.807) is 0 Å². The fraction of sp³-hybridized carbons (Fsp3) is 0.600. The molecule has 0 aliphatic heterocycles. The van der Waals surface area contributed by atoms with Gasteiger partial charge in [0.15, 0.2) is 0 Å². The molecule has 2 atom stereocenters. The third-order valence-electron chi connectivity index (χ3n) is 3.58. The summed E-state index contributed by atoms with van der Waals surface area (Å²) in [7, 11) is 0. The number of hydrogen-bond donors (Lipinski definition) is 1. The predicted molar refractivity (Wildman–Crippen MR) is 72.9 cm³/mol. The van der Waals surface area contributed by atoms with Crippen molar-refractivity contribution >= 4 is 0 Å². The molecule has 0 fully saturated rings. The van der Waals surface area contributed by atoms with Crippen LogP contribution in [0.3, 0.4) is 0 Å². The van der Waals surface area contributed by atoms with Gasteiger partial charge in [-0.2, -0.15) is 0 Å². The molecule has 108 valence electrons. The van der Waals surface area contributed by atoms with Gasteiger partial charge >= 0.3 is 0 Å². The summed E-state index contributed by atoms with van der Waals surface area (Å²) in [6, 6.07) is 3.63. The topological polar surface area (TPSA) is 23.5 Å². The summed E-state index contributed by atoms with van der Waals surface area (Å²) in [6.45, 7) is 7.94. The Morgan fingerprint density at radius 3 is 2.21 bits per heavy atom. The molecule has 2 nitrogen and oxygen atoms in total. The summed E-state index contributed by atoms with van der Waals surface area (Å²) in [5, 5.41) is 10.0. The van der Waals surface area contributed by atoms with E-state index in [0.29, 0.717) is 24.6 Å². The van der Waals surface area contributed by atoms with Gasteiger partial charge in [-0.05, 0) is 44.0 Å². The van der Waals surface area contributed by atoms with Crippen molar-refractivity contribution in [3.8, 4) is 0 Å². The first-order chi connectivity index (χ1) is 8.97. The molecule has 4 heteroatoms. The molecule has 1 N–H and O–H groups in total. The Kier molecular flexibility index (Phi) is 6.38. The maximum absolute atomic E-state index is 13.1. The van der Waals surface area contributed by atoms with E-state index in [2.05, 4.69) is 25.7 Å². The quantitative estimate of drug-likeness (QED) is 0.820. The number of aliphatic hydroxyl groups excluding tert-OH is 1. The summed E-state index contributed by atoms with van der Waals surface area (Å²) >= 11 is 0. The molecule has 2 unspecified atom stereocenters. The van der Waals surface area contributed by atoms with Gasteiger partial charge in [0, 0.05) is 18.7 Å². The summed E-state index contributed by atoms with van der Waals surface area (Å²) in [5.41, 5.74) is 0.303. The smallest absolute Gasteiger partial charge is 0.126 e. The lowest BCUT2D eigenvalue weighted by atomic mass is 10.1. The predicted octanol–water partition coefficient (Wildman–Crippen LogP) is 3.51. The second-order valence-electron chi connectivity index (χ2n) is 4.89. The summed E-state index contributed by atoms with van der Waals surface area (Å²) in [5.74, 6) is -1.30. The third-order valence-corrected chi connectivity index (χ3v) is 3.58. The second kappa shape index (κ2) is 7.56. The Morgan fingerprint density at radius 2 is 1.74 bits per heavy atom. The molecule has 1 rings (SSSR count). The van der Waals surface area contributed by atoms with E-state index < -0.39 is 17.7 Å². The maximum Gasteiger partial charge on any atom is 0.126 e. The van der Waals surface area contributed by atoms with Crippen LogP contribution < -0.4 is 0 Å². The van der Waals surface area contributed by atoms with Crippen LogP contribution >= 0.6 is 0 Å². The zero-order valence-corrected chi connectivity index (χ0v) is 11.9. The molecule has 0 radical (unpaired) electrons. The highest BCUT2D eigenvalue weighted by molar-refractivity contribution is 5.20. The molecule has 0 aromatic heterocycles. The van der Waals surface area contributed by atoms with Crippen molar-refractivity contribution in [2.45, 2.75) is 45.8 Å². The average Bonchev–Trinajstić information content (AvgIpc) is 2.37. The first-order valence-electron chi connectivity index (χ1n) is 6.86. The molecule has 0 amide bonds. The Bertz CT molecular complexity index is 377. The molecule has 0 heterocycles. The summed E-state index contributed by atoms with van der Waals surface area (Å²) < 4.78 is 26.1. The molecule has 0 saturated heterocycles. The first-order valence-corrected chi connectivity index (χ1v) is 6.86. The highest BCUT2D eigenvalue weighted by Gasteiger charge is 2.15. The largest absolute Gasteiger partial charge is 0.388 e. The molecule has 1 aromatic carbocycles. The van der Waals surface area contributed by atoms with E-state index >= 15 is 0 Å². The number of hydrogen-bond acceptors (Lipinski definition) is 2. The van der Waals surface area contributed by atoms with Crippen LogP contribution in [0.15, 0.2) is 18.2 Å². The van der Waals surface area contributed by atoms with E-state index in [-0.39, 0.29) is 0 Å². The van der Waals surface area contributed by atoms with E-state index in [1.807, 2.05) is 0 Å². The zero-order chi connectivity index (χ0) is 14.4. The molecular formula is C15H23F2NO. The molecule has 0 saturated carbocycles. The van der Waals surface area contributed by atoms with Crippen molar-refractivity contribution in [3.63, 3.8) is 0 Å². The molecule has 0 aliphatic carbocycles. The third kappa shape index (κ3) is 4.88. The highest BCUT2D eigenvalue weighted by atomic mass is 19.1. The van der Waals surface area contributed by atoms with Crippen LogP contribution in [0.4, 0.5) is 8.78 Å². The normalized spacial score (nSPS) is 14.7. The number of halogens is 2. The number of rotatable bonds is 7. The minimum absolute atomic E-state index is 0.303. The van der Waals surface area contributed by atoms with E-state index in [9.17, 15) is 13.9 Å². The van der Waals surface area contributed by atoms with Crippen molar-refractivity contribution < 1.29 is 13.9 Å². The van der Waals surface area contributed by atoms with Crippen LogP contribution in [0.2, 0.25) is 0 Å². The van der Waals surface area contributed by atoms with Gasteiger partial charge in [0.05, 0.1) is 6.10 Å². The molecule has 0 bridgehead atoms. The second-order valence-corrected chi connectivity index (χ2v) is 4.89. The van der Waals surface area contributed by atoms with Gasteiger partial charge in [-0.3, -0.25) is 0 Å². The monoisotopic (exact) mass is 271 g/mol. The van der Waals surface area contributed by atoms with Crippen LogP contribution in [-0.4, -0.2) is 29.1 Å². The molecule has 1 aromatic rings. The molecule has 19 heavy (non-hydrogen) atoms. The number of nitrogens with zero attached hydrogens (tertiary/aromatic N) is 1. The van der Waals surface area contributed by atoms with Crippen LogP contribution in [0.25, 0.3) is 0 Å². The summed E-state index contributed by atoms with van der Waals surface area (Å²) in [4.78, 5) is 2.25. The summed E-state index contributed by atoms with van der Waals surface area (Å²) in [6.07, 6.45) is 0.683. The zero-order valence-electron chi connectivity index (χ0n) is 11.9. The fourth-order valence-corrected chi connectivity index (χ4v) is 2.17. The SMILES string of the molecule is CCC(C)N(CC)CCC(O)c1cc(F)cc(F)c1. The first kappa shape index (κ1) is 16.1. The minimum Gasteiger partial charge on any atom is -0.388 e. The van der Waals surface area contributed by atoms with Crippen molar-refractivity contribution in [1.29, 1.82) is 0 Å². The lowest BCUT2D eigenvalue weighted by Crippen LogP contribution is -2.34. The van der Waals surface area contributed by atoms with Crippen LogP contribution in [0.1, 0.15) is 45.3 Å². The van der Waals surface area contributed by atoms with Gasteiger partial charge in [-0.25, -0.2) is 8.78 Å². The lowest BCUT2D eigenvalue weighted by molar-refractivity contribution is 0.128. The maximum atomic E-state index is 13.1. The van der Waals surface area contributed by atoms with Gasteiger partial charge in [0.1, 0.15) is 11.6 Å². The Balaban J connectivity index is 2.61. The molecule has 0 aliphatic rings. The Morgan fingerprint density at radius 1 is 1.16 bits per heavy atom. The van der Waals surface area contributed by atoms with E-state index in [0.717, 1.165) is 19.0 Å². The van der Waals surface area contributed by atoms with Gasteiger partial charge in [0.25, 0.3) is 0 Å². The molecule has 0 spiro atoms. The van der Waals surface area contributed by atoms with Crippen molar-refractivity contribution in [1.82, 2.24) is 4.90 Å². The minimum atomic E-state index is -0.830. The van der Waals surface area contributed by atoms with Gasteiger partial charge < -0.3 is 10.0 Å². The van der Waals surface area contributed by atoms with Crippen LogP contribution in [0.5, 0.6) is 0 Å². The van der Waals surface area contributed by atoms with Gasteiger partial charge in [-0.15, -0.1) is 0 Å². The van der Waals surface area contributed by atoms with E-state index in [4.69, 9.17) is 0 Å². The van der Waals surface area contributed by atoms with Gasteiger partial charge in [-0.1, -0.05) is 13.8 Å². The standard InChI is InChI=1S/C15H23F2NO/c1-4-11(3)18(5-2)7-6-15(19)12-8-13(16)10-14(17)9-12/h8-11,15,19H,4-7H2,1-3H3.